The highest BCUT2D eigenvalue weighted by molar-refractivity contribution is 5.81. The van der Waals surface area contributed by atoms with Gasteiger partial charge in [0.1, 0.15) is 17.4 Å². The highest BCUT2D eigenvalue weighted by atomic mass is 19.1. The summed E-state index contributed by atoms with van der Waals surface area (Å²) in [5, 5.41) is 8.63. The van der Waals surface area contributed by atoms with Gasteiger partial charge in [-0.2, -0.15) is 0 Å². The highest BCUT2D eigenvalue weighted by Gasteiger charge is 2.26. The highest BCUT2D eigenvalue weighted by Crippen LogP contribution is 2.17. The van der Waals surface area contributed by atoms with Crippen LogP contribution >= 0.6 is 0 Å². The van der Waals surface area contributed by atoms with Crippen molar-refractivity contribution in [2.45, 2.75) is 20.0 Å². The van der Waals surface area contributed by atoms with E-state index in [0.29, 0.717) is 37.7 Å². The van der Waals surface area contributed by atoms with Crippen molar-refractivity contribution in [2.75, 3.05) is 31.1 Å². The molecular weight excluding hydrogens is 387 g/mol. The molecule has 0 spiro atoms. The fourth-order valence-electron chi connectivity index (χ4n) is 3.44. The molecule has 30 heavy (non-hydrogen) atoms. The van der Waals surface area contributed by atoms with Crippen molar-refractivity contribution in [3.8, 4) is 11.6 Å². The summed E-state index contributed by atoms with van der Waals surface area (Å²) in [7, 11) is 0. The fourth-order valence-corrected chi connectivity index (χ4v) is 3.44. The molecule has 1 amide bonds. The van der Waals surface area contributed by atoms with Crippen LogP contribution in [0.2, 0.25) is 0 Å². The standard InChI is InChI=1S/C21H23FN6O2/c1-15(30-18-5-3-4-17(22)14-18)21(29)27-12-10-26(11-13-27)19-6-7-20(25-24-19)28-9-8-23-16(28)2/h3-9,14-15H,10-13H2,1-2H3. The number of rotatable bonds is 5. The van der Waals surface area contributed by atoms with E-state index in [1.54, 1.807) is 30.2 Å². The Morgan fingerprint density at radius 1 is 1.10 bits per heavy atom. The van der Waals surface area contributed by atoms with E-state index in [-0.39, 0.29) is 5.91 Å². The molecule has 0 bridgehead atoms. The normalized spacial score (nSPS) is 15.2. The second-order valence-electron chi connectivity index (χ2n) is 7.12. The molecule has 2 aromatic heterocycles. The Kier molecular flexibility index (Phi) is 5.60. The molecule has 0 N–H and O–H groups in total. The lowest BCUT2D eigenvalue weighted by Crippen LogP contribution is -2.52. The smallest absolute Gasteiger partial charge is 0.263 e. The molecule has 3 aromatic rings. The maximum atomic E-state index is 13.3. The Hall–Kier alpha value is -3.49. The number of nitrogens with zero attached hydrogens (tertiary/aromatic N) is 6. The van der Waals surface area contributed by atoms with Crippen LogP contribution in [0.5, 0.6) is 5.75 Å². The van der Waals surface area contributed by atoms with E-state index in [1.165, 1.54) is 12.1 Å². The average Bonchev–Trinajstić information content (AvgIpc) is 3.19. The summed E-state index contributed by atoms with van der Waals surface area (Å²) in [4.78, 5) is 20.7. The van der Waals surface area contributed by atoms with Crippen LogP contribution in [0, 0.1) is 12.7 Å². The molecular formula is C21H23FN6O2. The third-order valence-electron chi connectivity index (χ3n) is 5.08. The molecule has 0 saturated carbocycles. The largest absolute Gasteiger partial charge is 0.481 e. The summed E-state index contributed by atoms with van der Waals surface area (Å²) in [6.45, 7) is 6.00. The van der Waals surface area contributed by atoms with Crippen LogP contribution in [0.4, 0.5) is 10.2 Å². The van der Waals surface area contributed by atoms with Crippen LogP contribution in [0.25, 0.3) is 5.82 Å². The van der Waals surface area contributed by atoms with Crippen LogP contribution in [0.3, 0.4) is 0 Å². The van der Waals surface area contributed by atoms with Gasteiger partial charge in [-0.15, -0.1) is 10.2 Å². The van der Waals surface area contributed by atoms with E-state index >= 15 is 0 Å². The molecule has 1 aromatic carbocycles. The number of anilines is 1. The summed E-state index contributed by atoms with van der Waals surface area (Å²) in [5.41, 5.74) is 0. The van der Waals surface area contributed by atoms with Crippen molar-refractivity contribution >= 4 is 11.7 Å². The van der Waals surface area contributed by atoms with E-state index in [4.69, 9.17) is 4.74 Å². The quantitative estimate of drug-likeness (QED) is 0.642. The summed E-state index contributed by atoms with van der Waals surface area (Å²) in [6, 6.07) is 9.64. The molecule has 1 aliphatic rings. The summed E-state index contributed by atoms with van der Waals surface area (Å²) in [5.74, 6) is 2.17. The van der Waals surface area contributed by atoms with Gasteiger partial charge < -0.3 is 14.5 Å². The lowest BCUT2D eigenvalue weighted by Gasteiger charge is -2.36. The van der Waals surface area contributed by atoms with Crippen molar-refractivity contribution < 1.29 is 13.9 Å². The lowest BCUT2D eigenvalue weighted by atomic mass is 10.2. The predicted molar refractivity (Wildman–Crippen MR) is 109 cm³/mol. The van der Waals surface area contributed by atoms with Crippen molar-refractivity contribution in [3.63, 3.8) is 0 Å². The first-order chi connectivity index (χ1) is 14.5. The van der Waals surface area contributed by atoms with Crippen molar-refractivity contribution in [3.05, 3.63) is 60.4 Å². The molecule has 1 atom stereocenters. The van der Waals surface area contributed by atoms with E-state index < -0.39 is 11.9 Å². The number of ether oxygens (including phenoxy) is 1. The number of imidazole rings is 1. The third-order valence-corrected chi connectivity index (χ3v) is 5.08. The molecule has 0 aliphatic carbocycles. The van der Waals surface area contributed by atoms with Crippen LogP contribution in [0.1, 0.15) is 12.7 Å². The number of halogens is 1. The van der Waals surface area contributed by atoms with Crippen molar-refractivity contribution in [1.29, 1.82) is 0 Å². The Morgan fingerprint density at radius 3 is 2.47 bits per heavy atom. The van der Waals surface area contributed by atoms with Gasteiger partial charge in [-0.3, -0.25) is 9.36 Å². The molecule has 8 nitrogen and oxygen atoms in total. The zero-order chi connectivity index (χ0) is 21.1. The number of carbonyl (C=O) groups is 1. The number of aryl methyl sites for hydroxylation is 1. The maximum absolute atomic E-state index is 13.3. The zero-order valence-electron chi connectivity index (χ0n) is 16.9. The zero-order valence-corrected chi connectivity index (χ0v) is 16.9. The number of hydrogen-bond donors (Lipinski definition) is 0. The van der Waals surface area contributed by atoms with Crippen LogP contribution < -0.4 is 9.64 Å². The van der Waals surface area contributed by atoms with E-state index in [2.05, 4.69) is 20.1 Å². The number of carbonyl (C=O) groups excluding carboxylic acids is 1. The van der Waals surface area contributed by atoms with Crippen LogP contribution in [-0.4, -0.2) is 62.8 Å². The van der Waals surface area contributed by atoms with Gasteiger partial charge in [0.25, 0.3) is 5.91 Å². The first kappa shape index (κ1) is 19.8. The second-order valence-corrected chi connectivity index (χ2v) is 7.12. The SMILES string of the molecule is Cc1nccn1-c1ccc(N2CCN(C(=O)C(C)Oc3cccc(F)c3)CC2)nn1. The topological polar surface area (TPSA) is 76.4 Å². The maximum Gasteiger partial charge on any atom is 0.263 e. The van der Waals surface area contributed by atoms with Crippen LogP contribution in [0.15, 0.2) is 48.8 Å². The van der Waals surface area contributed by atoms with Crippen LogP contribution in [-0.2, 0) is 4.79 Å². The number of amides is 1. The molecule has 9 heteroatoms. The van der Waals surface area contributed by atoms with E-state index in [0.717, 1.165) is 11.6 Å². The van der Waals surface area contributed by atoms with Gasteiger partial charge >= 0.3 is 0 Å². The van der Waals surface area contributed by atoms with Gasteiger partial charge in [-0.05, 0) is 38.1 Å². The average molecular weight is 410 g/mol. The minimum absolute atomic E-state index is 0.115. The third kappa shape index (κ3) is 4.24. The van der Waals surface area contributed by atoms with Gasteiger partial charge in [0.15, 0.2) is 17.7 Å². The molecule has 1 aliphatic heterocycles. The summed E-state index contributed by atoms with van der Waals surface area (Å²) in [6.07, 6.45) is 2.88. The predicted octanol–water partition coefficient (Wildman–Crippen LogP) is 2.23. The first-order valence-electron chi connectivity index (χ1n) is 9.81. The van der Waals surface area contributed by atoms with Gasteiger partial charge in [-0.1, -0.05) is 6.07 Å². The Labute approximate surface area is 173 Å². The molecule has 0 radical (unpaired) electrons. The van der Waals surface area contributed by atoms with Gasteiger partial charge in [0, 0.05) is 44.6 Å². The Bertz CT molecular complexity index is 1010. The minimum atomic E-state index is -0.684. The number of aromatic nitrogens is 4. The Morgan fingerprint density at radius 2 is 1.83 bits per heavy atom. The molecule has 4 rings (SSSR count). The van der Waals surface area contributed by atoms with E-state index in [1.807, 2.05) is 29.8 Å². The van der Waals surface area contributed by atoms with Crippen molar-refractivity contribution in [1.82, 2.24) is 24.6 Å². The Balaban J connectivity index is 1.33. The molecule has 156 valence electrons. The minimum Gasteiger partial charge on any atom is -0.481 e. The van der Waals surface area contributed by atoms with Gasteiger partial charge in [-0.25, -0.2) is 9.37 Å². The molecule has 1 saturated heterocycles. The van der Waals surface area contributed by atoms with Gasteiger partial charge in [0.2, 0.25) is 0 Å². The first-order valence-corrected chi connectivity index (χ1v) is 9.81. The fraction of sp³-hybridized carbons (Fsp3) is 0.333. The lowest BCUT2D eigenvalue weighted by molar-refractivity contribution is -0.138. The number of benzene rings is 1. The number of piperazine rings is 1. The summed E-state index contributed by atoms with van der Waals surface area (Å²) >= 11 is 0. The molecule has 3 heterocycles. The molecule has 1 fully saturated rings. The second kappa shape index (κ2) is 8.48. The molecule has 1 unspecified atom stereocenters. The number of hydrogen-bond acceptors (Lipinski definition) is 6. The summed E-state index contributed by atoms with van der Waals surface area (Å²) < 4.78 is 20.8. The van der Waals surface area contributed by atoms with E-state index in [9.17, 15) is 9.18 Å². The van der Waals surface area contributed by atoms with Crippen molar-refractivity contribution in [2.24, 2.45) is 0 Å². The monoisotopic (exact) mass is 410 g/mol. The van der Waals surface area contributed by atoms with Gasteiger partial charge in [0.05, 0.1) is 0 Å².